The molecule has 0 unspecified atom stereocenters. The van der Waals surface area contributed by atoms with E-state index in [1.165, 1.54) is 12.1 Å². The Labute approximate surface area is 115 Å². The van der Waals surface area contributed by atoms with Crippen molar-refractivity contribution in [1.29, 1.82) is 0 Å². The molecule has 0 aliphatic heterocycles. The lowest BCUT2D eigenvalue weighted by molar-refractivity contribution is 0.628. The lowest BCUT2D eigenvalue weighted by Gasteiger charge is -2.03. The highest BCUT2D eigenvalue weighted by Gasteiger charge is 2.14. The minimum atomic E-state index is -0.257. The molecular weight excluding hydrogens is 257 g/mol. The summed E-state index contributed by atoms with van der Waals surface area (Å²) < 4.78 is 17.3. The maximum Gasteiger partial charge on any atom is 0.161 e. The minimum absolute atomic E-state index is 0.257. The zero-order chi connectivity index (χ0) is 14.1. The van der Waals surface area contributed by atoms with Gasteiger partial charge in [-0.05, 0) is 25.1 Å². The van der Waals surface area contributed by atoms with Crippen molar-refractivity contribution in [1.82, 2.24) is 19.1 Å². The monoisotopic (exact) mass is 273 g/mol. The fraction of sp³-hybridized carbons (Fsp3) is 0.286. The number of imidazole rings is 2. The van der Waals surface area contributed by atoms with Crippen molar-refractivity contribution < 1.29 is 4.39 Å². The average molecular weight is 273 g/mol. The number of nitrogens with zero attached hydrogens (tertiary/aromatic N) is 4. The number of halogens is 1. The Balaban J connectivity index is 2.14. The number of hydrogen-bond acceptors (Lipinski definition) is 3. The first-order valence-corrected chi connectivity index (χ1v) is 6.61. The maximum absolute atomic E-state index is 13.4. The third kappa shape index (κ3) is 2.08. The van der Waals surface area contributed by atoms with Gasteiger partial charge in [-0.25, -0.2) is 14.4 Å². The number of nitrogens with two attached hydrogens (primary N) is 1. The summed E-state index contributed by atoms with van der Waals surface area (Å²) in [5.41, 5.74) is 7.87. The predicted octanol–water partition coefficient (Wildman–Crippen LogP) is 2.02. The summed E-state index contributed by atoms with van der Waals surface area (Å²) >= 11 is 0. The molecule has 2 N–H and O–H groups in total. The molecule has 0 saturated heterocycles. The van der Waals surface area contributed by atoms with Gasteiger partial charge in [-0.2, -0.15) is 0 Å². The van der Waals surface area contributed by atoms with E-state index in [0.717, 1.165) is 22.6 Å². The lowest BCUT2D eigenvalue weighted by atomic mass is 10.3. The van der Waals surface area contributed by atoms with Crippen LogP contribution in [-0.2, 0) is 13.1 Å². The van der Waals surface area contributed by atoms with Crippen molar-refractivity contribution in [3.8, 4) is 11.5 Å². The van der Waals surface area contributed by atoms with Crippen molar-refractivity contribution in [2.24, 2.45) is 5.73 Å². The fourth-order valence-corrected chi connectivity index (χ4v) is 2.36. The quantitative estimate of drug-likeness (QED) is 0.791. The smallest absolute Gasteiger partial charge is 0.161 e. The fourth-order valence-electron chi connectivity index (χ4n) is 2.36. The Kier molecular flexibility index (Phi) is 3.23. The van der Waals surface area contributed by atoms with Gasteiger partial charge in [0.1, 0.15) is 11.5 Å². The van der Waals surface area contributed by atoms with Crippen LogP contribution in [-0.4, -0.2) is 25.6 Å². The molecule has 0 aliphatic carbocycles. The highest BCUT2D eigenvalue weighted by Crippen LogP contribution is 2.24. The second-order valence-electron chi connectivity index (χ2n) is 4.60. The number of aromatic nitrogens is 4. The molecule has 5 nitrogen and oxygen atoms in total. The Hall–Kier alpha value is -2.21. The zero-order valence-electron chi connectivity index (χ0n) is 11.3. The summed E-state index contributed by atoms with van der Waals surface area (Å²) in [5.74, 6) is 0.496. The average Bonchev–Trinajstić information content (AvgIpc) is 3.02. The normalized spacial score (nSPS) is 11.3. The van der Waals surface area contributed by atoms with Crippen molar-refractivity contribution in [3.05, 3.63) is 36.5 Å². The molecule has 0 radical (unpaired) electrons. The van der Waals surface area contributed by atoms with Crippen molar-refractivity contribution >= 4 is 11.0 Å². The first-order chi connectivity index (χ1) is 9.72. The first-order valence-electron chi connectivity index (χ1n) is 6.61. The SMILES string of the molecule is CCn1c(-c2cn(CCN)cn2)nc2ccc(F)cc21. The van der Waals surface area contributed by atoms with Crippen LogP contribution in [0.3, 0.4) is 0 Å². The predicted molar refractivity (Wildman–Crippen MR) is 75.6 cm³/mol. The molecule has 0 saturated carbocycles. The number of benzene rings is 1. The molecule has 0 bridgehead atoms. The van der Waals surface area contributed by atoms with Crippen LogP contribution < -0.4 is 5.73 Å². The standard InChI is InChI=1S/C14H16FN5/c1-2-20-13-7-10(15)3-4-11(13)18-14(20)12-8-19(6-5-16)9-17-12/h3-4,7-9H,2,5-6,16H2,1H3. The summed E-state index contributed by atoms with van der Waals surface area (Å²) in [6, 6.07) is 4.62. The molecule has 0 amide bonds. The van der Waals surface area contributed by atoms with Crippen LogP contribution in [0, 0.1) is 5.82 Å². The number of fused-ring (bicyclic) bond motifs is 1. The molecule has 3 rings (SSSR count). The molecule has 104 valence electrons. The molecule has 0 atom stereocenters. The zero-order valence-corrected chi connectivity index (χ0v) is 11.3. The van der Waals surface area contributed by atoms with E-state index >= 15 is 0 Å². The summed E-state index contributed by atoms with van der Waals surface area (Å²) in [5, 5.41) is 0. The van der Waals surface area contributed by atoms with Crippen LogP contribution >= 0.6 is 0 Å². The van der Waals surface area contributed by atoms with E-state index in [1.54, 1.807) is 12.4 Å². The topological polar surface area (TPSA) is 61.7 Å². The van der Waals surface area contributed by atoms with Crippen molar-refractivity contribution in [2.75, 3.05) is 6.54 Å². The summed E-state index contributed by atoms with van der Waals surface area (Å²) in [7, 11) is 0. The van der Waals surface area contributed by atoms with Gasteiger partial charge in [-0.15, -0.1) is 0 Å². The molecule has 0 aliphatic rings. The molecule has 2 heterocycles. The highest BCUT2D eigenvalue weighted by molar-refractivity contribution is 5.80. The number of aryl methyl sites for hydroxylation is 1. The molecule has 6 heteroatoms. The van der Waals surface area contributed by atoms with Gasteiger partial charge < -0.3 is 14.9 Å². The van der Waals surface area contributed by atoms with E-state index < -0.39 is 0 Å². The van der Waals surface area contributed by atoms with Gasteiger partial charge in [0.25, 0.3) is 0 Å². The largest absolute Gasteiger partial charge is 0.335 e. The van der Waals surface area contributed by atoms with Crippen LogP contribution in [0.25, 0.3) is 22.6 Å². The van der Waals surface area contributed by atoms with Crippen LogP contribution in [0.4, 0.5) is 4.39 Å². The van der Waals surface area contributed by atoms with Gasteiger partial charge in [0, 0.05) is 25.8 Å². The molecule has 2 aromatic heterocycles. The Morgan fingerprint density at radius 1 is 1.35 bits per heavy atom. The van der Waals surface area contributed by atoms with E-state index in [4.69, 9.17) is 5.73 Å². The van der Waals surface area contributed by atoms with Gasteiger partial charge >= 0.3 is 0 Å². The second kappa shape index (κ2) is 5.05. The summed E-state index contributed by atoms with van der Waals surface area (Å²) in [4.78, 5) is 8.92. The Bertz CT molecular complexity index is 743. The van der Waals surface area contributed by atoms with Crippen LogP contribution in [0.15, 0.2) is 30.7 Å². The number of hydrogen-bond donors (Lipinski definition) is 1. The van der Waals surface area contributed by atoms with Gasteiger partial charge in [0.05, 0.1) is 17.4 Å². The third-order valence-corrected chi connectivity index (χ3v) is 3.28. The van der Waals surface area contributed by atoms with Crippen molar-refractivity contribution in [3.63, 3.8) is 0 Å². The first kappa shape index (κ1) is 12.8. The Morgan fingerprint density at radius 2 is 2.20 bits per heavy atom. The second-order valence-corrected chi connectivity index (χ2v) is 4.60. The van der Waals surface area contributed by atoms with E-state index in [0.29, 0.717) is 19.6 Å². The molecule has 0 spiro atoms. The summed E-state index contributed by atoms with van der Waals surface area (Å²) in [6.07, 6.45) is 3.65. The molecule has 0 fully saturated rings. The lowest BCUT2D eigenvalue weighted by Crippen LogP contribution is -2.07. The van der Waals surface area contributed by atoms with Gasteiger partial charge in [0.15, 0.2) is 5.82 Å². The number of rotatable bonds is 4. The van der Waals surface area contributed by atoms with Crippen molar-refractivity contribution in [2.45, 2.75) is 20.0 Å². The molecule has 3 aromatic rings. The molecule has 1 aromatic carbocycles. The van der Waals surface area contributed by atoms with Gasteiger partial charge in [-0.3, -0.25) is 0 Å². The maximum atomic E-state index is 13.4. The van der Waals surface area contributed by atoms with E-state index in [-0.39, 0.29) is 5.82 Å². The van der Waals surface area contributed by atoms with Crippen LogP contribution in [0.2, 0.25) is 0 Å². The molecular formula is C14H16FN5. The van der Waals surface area contributed by atoms with Gasteiger partial charge in [0.2, 0.25) is 0 Å². The van der Waals surface area contributed by atoms with Crippen LogP contribution in [0.1, 0.15) is 6.92 Å². The van der Waals surface area contributed by atoms with E-state index in [1.807, 2.05) is 22.3 Å². The third-order valence-electron chi connectivity index (χ3n) is 3.28. The van der Waals surface area contributed by atoms with Gasteiger partial charge in [-0.1, -0.05) is 0 Å². The van der Waals surface area contributed by atoms with E-state index in [9.17, 15) is 4.39 Å². The highest BCUT2D eigenvalue weighted by atomic mass is 19.1. The minimum Gasteiger partial charge on any atom is -0.335 e. The van der Waals surface area contributed by atoms with Crippen LogP contribution in [0.5, 0.6) is 0 Å². The Morgan fingerprint density at radius 3 is 2.95 bits per heavy atom. The molecule has 20 heavy (non-hydrogen) atoms. The summed E-state index contributed by atoms with van der Waals surface area (Å²) in [6.45, 7) is 3.99. The van der Waals surface area contributed by atoms with E-state index in [2.05, 4.69) is 9.97 Å².